The third-order valence-electron chi connectivity index (χ3n) is 6.33. The van der Waals surface area contributed by atoms with E-state index in [4.69, 9.17) is 4.37 Å². The number of carbonyl (C=O) groups excluding carboxylic acids is 1. The topological polar surface area (TPSA) is 39.7 Å². The van der Waals surface area contributed by atoms with E-state index in [1.165, 1.54) is 29.3 Å². The first-order valence-electron chi connectivity index (χ1n) is 10.8. The second-order valence-electron chi connectivity index (χ2n) is 8.28. The molecule has 28 heavy (non-hydrogen) atoms. The quantitative estimate of drug-likeness (QED) is 0.662. The van der Waals surface area contributed by atoms with Crippen LogP contribution in [0.25, 0.3) is 10.1 Å². The van der Waals surface area contributed by atoms with Crippen LogP contribution >= 0.6 is 11.5 Å². The van der Waals surface area contributed by atoms with Gasteiger partial charge in [0.2, 0.25) is 5.91 Å². The van der Waals surface area contributed by atoms with Crippen molar-refractivity contribution in [2.75, 3.05) is 51.2 Å². The van der Waals surface area contributed by atoms with Gasteiger partial charge in [-0.25, -0.2) is 0 Å². The number of piperazine rings is 1. The van der Waals surface area contributed by atoms with Crippen molar-refractivity contribution < 1.29 is 4.79 Å². The van der Waals surface area contributed by atoms with Crippen LogP contribution in [0.15, 0.2) is 24.3 Å². The molecule has 2 heterocycles. The zero-order valence-corrected chi connectivity index (χ0v) is 17.8. The number of benzene rings is 1. The first-order valence-corrected chi connectivity index (χ1v) is 11.6. The van der Waals surface area contributed by atoms with Crippen LogP contribution in [-0.4, -0.2) is 66.4 Å². The molecule has 2 aliphatic rings. The minimum atomic E-state index is 0.305. The van der Waals surface area contributed by atoms with Crippen LogP contribution in [-0.2, 0) is 4.79 Å². The molecule has 4 rings (SSSR count). The maximum Gasteiger partial charge on any atom is 0.225 e. The number of hydrogen-bond donors (Lipinski definition) is 0. The number of amides is 1. The molecule has 1 saturated heterocycles. The van der Waals surface area contributed by atoms with E-state index in [-0.39, 0.29) is 0 Å². The number of fused-ring (bicyclic) bond motifs is 1. The van der Waals surface area contributed by atoms with Gasteiger partial charge in [0.1, 0.15) is 5.82 Å². The maximum absolute atomic E-state index is 12.4. The van der Waals surface area contributed by atoms with E-state index in [0.717, 1.165) is 64.3 Å². The molecule has 152 valence electrons. The van der Waals surface area contributed by atoms with Crippen molar-refractivity contribution in [3.8, 4) is 0 Å². The Morgan fingerprint density at radius 2 is 1.89 bits per heavy atom. The predicted octanol–water partition coefficient (Wildman–Crippen LogP) is 3.85. The van der Waals surface area contributed by atoms with E-state index in [1.54, 1.807) is 11.5 Å². The average molecular weight is 401 g/mol. The van der Waals surface area contributed by atoms with Gasteiger partial charge in [-0.3, -0.25) is 9.69 Å². The van der Waals surface area contributed by atoms with E-state index in [1.807, 2.05) is 11.9 Å². The zero-order chi connectivity index (χ0) is 19.3. The molecule has 0 atom stereocenters. The lowest BCUT2D eigenvalue weighted by Gasteiger charge is -2.35. The average Bonchev–Trinajstić information content (AvgIpc) is 3.41. The first kappa shape index (κ1) is 19.6. The third kappa shape index (κ3) is 4.49. The fourth-order valence-corrected chi connectivity index (χ4v) is 5.36. The normalized spacial score (nSPS) is 18.8. The van der Waals surface area contributed by atoms with Gasteiger partial charge in [-0.1, -0.05) is 25.0 Å². The van der Waals surface area contributed by atoms with Gasteiger partial charge in [0.15, 0.2) is 0 Å². The summed E-state index contributed by atoms with van der Waals surface area (Å²) in [4.78, 5) is 19.4. The van der Waals surface area contributed by atoms with E-state index in [0.29, 0.717) is 11.8 Å². The fourth-order valence-electron chi connectivity index (χ4n) is 4.56. The van der Waals surface area contributed by atoms with Crippen molar-refractivity contribution >= 4 is 33.3 Å². The number of carbonyl (C=O) groups is 1. The van der Waals surface area contributed by atoms with Crippen molar-refractivity contribution in [1.82, 2.24) is 14.2 Å². The highest BCUT2D eigenvalue weighted by Gasteiger charge is 2.25. The fraction of sp³-hybridized carbons (Fsp3) is 0.636. The number of aromatic nitrogens is 1. The molecule has 0 N–H and O–H groups in total. The van der Waals surface area contributed by atoms with Crippen molar-refractivity contribution in [3.63, 3.8) is 0 Å². The van der Waals surface area contributed by atoms with Gasteiger partial charge in [0, 0.05) is 51.1 Å². The molecule has 2 fully saturated rings. The summed E-state index contributed by atoms with van der Waals surface area (Å²) < 4.78 is 5.97. The highest BCUT2D eigenvalue weighted by Crippen LogP contribution is 2.30. The molecule has 1 amide bonds. The Morgan fingerprint density at radius 3 is 2.68 bits per heavy atom. The van der Waals surface area contributed by atoms with Crippen LogP contribution in [0.3, 0.4) is 0 Å². The minimum absolute atomic E-state index is 0.305. The lowest BCUT2D eigenvalue weighted by atomic mass is 10.1. The standard InChI is InChI=1S/C22H32N4OS/c1-24(22(27)18-8-2-3-9-18)12-6-7-13-25-14-16-26(17-15-25)21-19-10-4-5-11-20(19)28-23-21/h4-5,10-11,18H,2-3,6-9,12-17H2,1H3. The molecule has 1 saturated carbocycles. The number of anilines is 1. The van der Waals surface area contributed by atoms with E-state index in [2.05, 4.69) is 34.1 Å². The van der Waals surface area contributed by atoms with Gasteiger partial charge in [-0.15, -0.1) is 0 Å². The molecule has 6 heteroatoms. The first-order chi connectivity index (χ1) is 13.7. The summed E-state index contributed by atoms with van der Waals surface area (Å²) in [6, 6.07) is 8.52. The number of unbranched alkanes of at least 4 members (excludes halogenated alkanes) is 1. The summed E-state index contributed by atoms with van der Waals surface area (Å²) in [5.74, 6) is 1.84. The Labute approximate surface area is 172 Å². The number of hydrogen-bond acceptors (Lipinski definition) is 5. The molecule has 0 bridgehead atoms. The van der Waals surface area contributed by atoms with Gasteiger partial charge in [-0.2, -0.15) is 4.37 Å². The molecule has 0 unspecified atom stereocenters. The van der Waals surface area contributed by atoms with Gasteiger partial charge in [0.05, 0.1) is 4.70 Å². The Hall–Kier alpha value is -1.66. The monoisotopic (exact) mass is 400 g/mol. The summed E-state index contributed by atoms with van der Waals surface area (Å²) in [6.45, 7) is 6.34. The molecular formula is C22H32N4OS. The largest absolute Gasteiger partial charge is 0.353 e. The number of rotatable bonds is 7. The van der Waals surface area contributed by atoms with Gasteiger partial charge >= 0.3 is 0 Å². The Kier molecular flexibility index (Phi) is 6.47. The molecule has 2 aromatic rings. The van der Waals surface area contributed by atoms with Crippen LogP contribution in [0.4, 0.5) is 5.82 Å². The smallest absolute Gasteiger partial charge is 0.225 e. The Balaban J connectivity index is 1.16. The van der Waals surface area contributed by atoms with Crippen LogP contribution in [0.5, 0.6) is 0 Å². The predicted molar refractivity (Wildman–Crippen MR) is 117 cm³/mol. The number of nitrogens with zero attached hydrogens (tertiary/aromatic N) is 4. The third-order valence-corrected chi connectivity index (χ3v) is 7.15. The maximum atomic E-state index is 12.4. The van der Waals surface area contributed by atoms with Crippen LogP contribution in [0.1, 0.15) is 38.5 Å². The Bertz CT molecular complexity index is 778. The van der Waals surface area contributed by atoms with Crippen molar-refractivity contribution in [3.05, 3.63) is 24.3 Å². The second-order valence-corrected chi connectivity index (χ2v) is 9.08. The van der Waals surface area contributed by atoms with E-state index in [9.17, 15) is 4.79 Å². The van der Waals surface area contributed by atoms with Gasteiger partial charge < -0.3 is 9.80 Å². The highest BCUT2D eigenvalue weighted by molar-refractivity contribution is 7.13. The summed E-state index contributed by atoms with van der Waals surface area (Å²) in [5, 5.41) is 1.29. The molecule has 1 aliphatic heterocycles. The molecule has 1 aromatic heterocycles. The minimum Gasteiger partial charge on any atom is -0.353 e. The second kappa shape index (κ2) is 9.23. The lowest BCUT2D eigenvalue weighted by Crippen LogP contribution is -2.46. The highest BCUT2D eigenvalue weighted by atomic mass is 32.1. The van der Waals surface area contributed by atoms with Crippen LogP contribution in [0.2, 0.25) is 0 Å². The van der Waals surface area contributed by atoms with Crippen molar-refractivity contribution in [1.29, 1.82) is 0 Å². The van der Waals surface area contributed by atoms with Crippen molar-refractivity contribution in [2.45, 2.75) is 38.5 Å². The van der Waals surface area contributed by atoms with Gasteiger partial charge in [0.25, 0.3) is 0 Å². The molecule has 0 radical (unpaired) electrons. The van der Waals surface area contributed by atoms with Crippen LogP contribution in [0, 0.1) is 5.92 Å². The van der Waals surface area contributed by atoms with Crippen molar-refractivity contribution in [2.24, 2.45) is 5.92 Å². The summed E-state index contributed by atoms with van der Waals surface area (Å²) in [7, 11) is 1.98. The van der Waals surface area contributed by atoms with Gasteiger partial charge in [-0.05, 0) is 55.9 Å². The summed E-state index contributed by atoms with van der Waals surface area (Å²) >= 11 is 1.60. The lowest BCUT2D eigenvalue weighted by molar-refractivity contribution is -0.134. The SMILES string of the molecule is CN(CCCCN1CCN(c2nsc3ccccc23)CC1)C(=O)C1CCCC1. The van der Waals surface area contributed by atoms with E-state index >= 15 is 0 Å². The molecule has 0 spiro atoms. The zero-order valence-electron chi connectivity index (χ0n) is 17.0. The molecule has 5 nitrogen and oxygen atoms in total. The molecule has 1 aromatic carbocycles. The van der Waals surface area contributed by atoms with E-state index < -0.39 is 0 Å². The molecular weight excluding hydrogens is 368 g/mol. The van der Waals surface area contributed by atoms with Crippen LogP contribution < -0.4 is 4.90 Å². The Morgan fingerprint density at radius 1 is 1.14 bits per heavy atom. The summed E-state index contributed by atoms with van der Waals surface area (Å²) in [6.07, 6.45) is 6.93. The summed E-state index contributed by atoms with van der Waals surface area (Å²) in [5.41, 5.74) is 0. The molecule has 1 aliphatic carbocycles.